The number of phosphoric acid groups is 3. The molecule has 1 saturated heterocycles. The summed E-state index contributed by atoms with van der Waals surface area (Å²) in [7, 11) is -13.7. The van der Waals surface area contributed by atoms with E-state index in [0.29, 0.717) is 25.0 Å². The first-order chi connectivity index (χ1) is 27.5. The monoisotopic (exact) mass is 943 g/mol. The molecule has 26 nitrogen and oxygen atoms in total. The van der Waals surface area contributed by atoms with E-state index in [1.807, 2.05) is 0 Å². The number of hydrogen-bond acceptors (Lipinski definition) is 19. The largest absolute Gasteiger partial charge is 0.490 e. The Morgan fingerprint density at radius 2 is 1.61 bits per heavy atom. The summed E-state index contributed by atoms with van der Waals surface area (Å²) in [5.74, 6) is -2.97. The normalized spacial score (nSPS) is 19.8. The zero-order chi connectivity index (χ0) is 44.4. The third kappa shape index (κ3) is 22.0. The molecule has 31 heteroatoms. The summed E-state index contributed by atoms with van der Waals surface area (Å²) in [6.07, 6.45) is -1.29. The van der Waals surface area contributed by atoms with Gasteiger partial charge in [0.2, 0.25) is 11.8 Å². The number of aliphatic hydroxyl groups is 1. The van der Waals surface area contributed by atoms with Crippen molar-refractivity contribution in [1.29, 1.82) is 0 Å². The lowest BCUT2D eigenvalue weighted by Crippen LogP contribution is -2.50. The standard InChI is InChI=1S/C28H44N5O21P3S2/c34-15-17(11-25(38)39)30-27(42)19(12-26(40)41)29-14-18(35)5-2-1-3-9-58-59-10-4-6-23(37)31-22-7-8-33(28(43)32-22)24-13-20(36)21(52-24)16-51-56(47,48)54-57(49,50)53-55(44,45)46/h7-8,15,17,19-21,24,29,36H,1-6,9-14,16H2,(H,30,42)(H,38,39)(H,40,41)(H,47,48)(H,49,50)(H2,44,45,46)(H,31,32,37,43)/t17-,19-,20+,21+,24+/m0/s1. The second-order valence-electron chi connectivity index (χ2n) is 12.3. The van der Waals surface area contributed by atoms with Crippen LogP contribution in [0.25, 0.3) is 0 Å². The summed E-state index contributed by atoms with van der Waals surface area (Å²) in [6.45, 7) is -1.23. The fourth-order valence-electron chi connectivity index (χ4n) is 4.85. The van der Waals surface area contributed by atoms with Gasteiger partial charge >= 0.3 is 41.1 Å². The fourth-order valence-corrected chi connectivity index (χ4v) is 10.1. The van der Waals surface area contributed by atoms with Gasteiger partial charge in [0.1, 0.15) is 30.2 Å². The highest BCUT2D eigenvalue weighted by molar-refractivity contribution is 8.76. The number of ether oxygens (including phenoxy) is 1. The number of unbranched alkanes of at least 4 members (excludes halogenated alkanes) is 2. The van der Waals surface area contributed by atoms with E-state index in [9.17, 15) is 62.2 Å². The number of phosphoric ester groups is 1. The molecule has 1 aliphatic rings. The highest BCUT2D eigenvalue weighted by atomic mass is 33.1. The SMILES string of the molecule is O=C[C@H](CC(=O)O)NC(=O)[C@H](CC(=O)O)NCC(=O)CCCCCSSCCCC(=O)Nc1ccn([C@H]2C[C@@H](O)[C@@H](COP(=O)(O)OP(=O)(O)OP(=O)(O)O)O2)c(=O)n1. The molecule has 1 aromatic heterocycles. The molecule has 334 valence electrons. The molecule has 1 aliphatic heterocycles. The Bertz CT molecular complexity index is 1830. The molecule has 10 N–H and O–H groups in total. The number of Topliss-reactive ketones (excluding diaryl/α,β-unsaturated/α-hetero) is 1. The molecule has 2 rings (SSSR count). The number of carboxylic acid groups (broad SMARTS) is 2. The number of carboxylic acids is 2. The Kier molecular flexibility index (Phi) is 22.2. The van der Waals surface area contributed by atoms with Gasteiger partial charge in [0.15, 0.2) is 0 Å². The number of aliphatic hydroxyl groups excluding tert-OH is 1. The summed E-state index contributed by atoms with van der Waals surface area (Å²) in [4.78, 5) is 122. The average Bonchev–Trinajstić information content (AvgIpc) is 3.47. The van der Waals surface area contributed by atoms with Crippen molar-refractivity contribution in [3.63, 3.8) is 0 Å². The topological polar surface area (TPSA) is 403 Å². The molecular weight excluding hydrogens is 899 g/mol. The number of aromatic nitrogens is 2. The zero-order valence-corrected chi connectivity index (χ0v) is 35.0. The number of anilines is 1. The van der Waals surface area contributed by atoms with Gasteiger partial charge in [-0.05, 0) is 25.3 Å². The molecule has 0 spiro atoms. The van der Waals surface area contributed by atoms with Crippen molar-refractivity contribution in [1.82, 2.24) is 20.2 Å². The molecule has 1 aromatic rings. The first kappa shape index (κ1) is 52.2. The molecule has 59 heavy (non-hydrogen) atoms. The van der Waals surface area contributed by atoms with Gasteiger partial charge in [-0.3, -0.25) is 38.4 Å². The summed E-state index contributed by atoms with van der Waals surface area (Å²) in [5, 5.41) is 35.3. The van der Waals surface area contributed by atoms with Crippen molar-refractivity contribution >= 4 is 86.7 Å². The van der Waals surface area contributed by atoms with E-state index < -0.39 is 103 Å². The van der Waals surface area contributed by atoms with Crippen LogP contribution in [-0.4, -0.2) is 129 Å². The van der Waals surface area contributed by atoms with Gasteiger partial charge < -0.3 is 55.1 Å². The molecule has 0 aliphatic carbocycles. The molecule has 2 heterocycles. The predicted molar refractivity (Wildman–Crippen MR) is 203 cm³/mol. The van der Waals surface area contributed by atoms with E-state index in [4.69, 9.17) is 24.7 Å². The van der Waals surface area contributed by atoms with Gasteiger partial charge in [-0.25, -0.2) is 18.5 Å². The van der Waals surface area contributed by atoms with Crippen LogP contribution in [0.15, 0.2) is 17.1 Å². The van der Waals surface area contributed by atoms with Crippen LogP contribution >= 0.6 is 45.1 Å². The third-order valence-corrected chi connectivity index (χ3v) is 13.8. The third-order valence-electron chi connectivity index (χ3n) is 7.46. The van der Waals surface area contributed by atoms with Crippen LogP contribution in [-0.2, 0) is 60.3 Å². The van der Waals surface area contributed by atoms with E-state index >= 15 is 0 Å². The maximum atomic E-state index is 12.6. The number of carbonyl (C=O) groups excluding carboxylic acids is 4. The number of nitrogens with one attached hydrogen (secondary N) is 3. The Balaban J connectivity index is 1.63. The van der Waals surface area contributed by atoms with Gasteiger partial charge in [-0.2, -0.15) is 13.6 Å². The zero-order valence-electron chi connectivity index (χ0n) is 30.7. The highest BCUT2D eigenvalue weighted by Crippen LogP contribution is 2.66. The van der Waals surface area contributed by atoms with Gasteiger partial charge in [0.05, 0.1) is 44.2 Å². The Hall–Kier alpha value is -2.91. The molecule has 1 fully saturated rings. The quantitative estimate of drug-likeness (QED) is 0.0211. The summed E-state index contributed by atoms with van der Waals surface area (Å²) in [5.41, 5.74) is -0.892. The number of aldehydes is 1. The van der Waals surface area contributed by atoms with Gasteiger partial charge in [-0.1, -0.05) is 28.0 Å². The van der Waals surface area contributed by atoms with E-state index in [0.717, 1.165) is 16.7 Å². The maximum absolute atomic E-state index is 12.6. The first-order valence-electron chi connectivity index (χ1n) is 17.2. The van der Waals surface area contributed by atoms with Crippen LogP contribution in [0.1, 0.15) is 64.0 Å². The smallest absolute Gasteiger partial charge is 0.481 e. The second kappa shape index (κ2) is 25.1. The summed E-state index contributed by atoms with van der Waals surface area (Å²) < 4.78 is 52.3. The van der Waals surface area contributed by atoms with E-state index in [2.05, 4.69) is 34.1 Å². The number of hydrogen-bond donors (Lipinski definition) is 10. The molecule has 0 radical (unpaired) electrons. The molecule has 7 atom stereocenters. The predicted octanol–water partition coefficient (Wildman–Crippen LogP) is 0.0559. The van der Waals surface area contributed by atoms with Crippen molar-refractivity contribution in [3.8, 4) is 0 Å². The van der Waals surface area contributed by atoms with Crippen LogP contribution in [0.3, 0.4) is 0 Å². The lowest BCUT2D eigenvalue weighted by Gasteiger charge is -2.19. The number of aliphatic carboxylic acids is 2. The van der Waals surface area contributed by atoms with Crippen molar-refractivity contribution < 1.29 is 95.2 Å². The average molecular weight is 944 g/mol. The van der Waals surface area contributed by atoms with E-state index in [1.54, 1.807) is 10.8 Å². The Morgan fingerprint density at radius 1 is 0.949 bits per heavy atom. The van der Waals surface area contributed by atoms with Gasteiger partial charge in [0.25, 0.3) is 0 Å². The van der Waals surface area contributed by atoms with Gasteiger partial charge in [-0.15, -0.1) is 0 Å². The molecule has 0 aromatic carbocycles. The summed E-state index contributed by atoms with van der Waals surface area (Å²) in [6, 6.07) is -1.41. The lowest BCUT2D eigenvalue weighted by molar-refractivity contribution is -0.141. The molecule has 2 amide bonds. The van der Waals surface area contributed by atoms with Crippen molar-refractivity contribution in [2.45, 2.75) is 88.3 Å². The number of ketones is 1. The molecular formula is C28H44N5O21P3S2. The highest BCUT2D eigenvalue weighted by Gasteiger charge is 2.43. The van der Waals surface area contributed by atoms with Crippen LogP contribution in [0, 0.1) is 0 Å². The number of rotatable bonds is 30. The van der Waals surface area contributed by atoms with E-state index in [-0.39, 0.29) is 43.7 Å². The second-order valence-corrected chi connectivity index (χ2v) is 19.5. The van der Waals surface area contributed by atoms with Gasteiger partial charge in [0, 0.05) is 37.0 Å². The maximum Gasteiger partial charge on any atom is 0.490 e. The van der Waals surface area contributed by atoms with Crippen LogP contribution in [0.5, 0.6) is 0 Å². The lowest BCUT2D eigenvalue weighted by atomic mass is 10.1. The minimum Gasteiger partial charge on any atom is -0.481 e. The van der Waals surface area contributed by atoms with Crippen molar-refractivity contribution in [2.24, 2.45) is 0 Å². The van der Waals surface area contributed by atoms with Crippen LogP contribution in [0.2, 0.25) is 0 Å². The number of carbonyl (C=O) groups is 6. The first-order valence-corrected chi connectivity index (χ1v) is 24.2. The van der Waals surface area contributed by atoms with Crippen LogP contribution in [0.4, 0.5) is 5.82 Å². The fraction of sp³-hybridized carbons (Fsp3) is 0.643. The van der Waals surface area contributed by atoms with Crippen molar-refractivity contribution in [3.05, 3.63) is 22.7 Å². The molecule has 0 saturated carbocycles. The number of amides is 2. The van der Waals surface area contributed by atoms with Crippen LogP contribution < -0.4 is 21.6 Å². The Labute approximate surface area is 342 Å². The molecule has 2 unspecified atom stereocenters. The minimum atomic E-state index is -5.75. The molecule has 0 bridgehead atoms. The summed E-state index contributed by atoms with van der Waals surface area (Å²) >= 11 is 0. The minimum absolute atomic E-state index is 0.0680. The van der Waals surface area contributed by atoms with Crippen molar-refractivity contribution in [2.75, 3.05) is 30.0 Å². The Morgan fingerprint density at radius 3 is 2.22 bits per heavy atom. The van der Waals surface area contributed by atoms with E-state index in [1.165, 1.54) is 23.1 Å². The number of nitrogens with zero attached hydrogens (tertiary/aromatic N) is 2.